The summed E-state index contributed by atoms with van der Waals surface area (Å²) in [5, 5.41) is 10.1. The monoisotopic (exact) mass is 269 g/mol. The number of nitrogens with one attached hydrogen (secondary N) is 2. The first-order chi connectivity index (χ1) is 8.06. The van der Waals surface area contributed by atoms with Crippen LogP contribution in [0, 0.1) is 6.92 Å². The molecule has 1 amide bonds. The van der Waals surface area contributed by atoms with Crippen LogP contribution in [0.15, 0.2) is 24.3 Å². The SMILES string of the molecule is Cc1cc(C(=O)Nc2ccc(Cl)cc2Cl)n[nH]1. The van der Waals surface area contributed by atoms with Crippen LogP contribution >= 0.6 is 23.2 Å². The fourth-order valence-electron chi connectivity index (χ4n) is 1.31. The van der Waals surface area contributed by atoms with Crippen LogP contribution in [0.1, 0.15) is 16.2 Å². The molecule has 88 valence electrons. The highest BCUT2D eigenvalue weighted by Crippen LogP contribution is 2.25. The van der Waals surface area contributed by atoms with Crippen molar-refractivity contribution in [1.29, 1.82) is 0 Å². The largest absolute Gasteiger partial charge is 0.319 e. The summed E-state index contributed by atoms with van der Waals surface area (Å²) in [6.07, 6.45) is 0. The van der Waals surface area contributed by atoms with Crippen LogP contribution < -0.4 is 5.32 Å². The Morgan fingerprint density at radius 1 is 1.35 bits per heavy atom. The van der Waals surface area contributed by atoms with Crippen molar-refractivity contribution < 1.29 is 4.79 Å². The maximum atomic E-state index is 11.8. The lowest BCUT2D eigenvalue weighted by Crippen LogP contribution is -2.12. The third-order valence-electron chi connectivity index (χ3n) is 2.12. The van der Waals surface area contributed by atoms with E-state index in [1.165, 1.54) is 0 Å². The van der Waals surface area contributed by atoms with Crippen molar-refractivity contribution in [1.82, 2.24) is 10.2 Å². The molecule has 0 saturated carbocycles. The lowest BCUT2D eigenvalue weighted by Gasteiger charge is -2.05. The maximum Gasteiger partial charge on any atom is 0.276 e. The summed E-state index contributed by atoms with van der Waals surface area (Å²) in [5.74, 6) is -0.321. The average molecular weight is 270 g/mol. The number of H-pyrrole nitrogens is 1. The van der Waals surface area contributed by atoms with Gasteiger partial charge >= 0.3 is 0 Å². The quantitative estimate of drug-likeness (QED) is 0.879. The van der Waals surface area contributed by atoms with E-state index in [-0.39, 0.29) is 5.91 Å². The number of anilines is 1. The molecule has 0 aliphatic heterocycles. The van der Waals surface area contributed by atoms with Crippen LogP contribution in [0.2, 0.25) is 10.0 Å². The highest BCUT2D eigenvalue weighted by molar-refractivity contribution is 6.36. The summed E-state index contributed by atoms with van der Waals surface area (Å²) in [5.41, 5.74) is 1.63. The molecule has 6 heteroatoms. The number of halogens is 2. The second kappa shape index (κ2) is 4.77. The zero-order chi connectivity index (χ0) is 12.4. The van der Waals surface area contributed by atoms with Gasteiger partial charge in [-0.25, -0.2) is 0 Å². The van der Waals surface area contributed by atoms with Gasteiger partial charge in [0.25, 0.3) is 5.91 Å². The van der Waals surface area contributed by atoms with Gasteiger partial charge in [-0.1, -0.05) is 23.2 Å². The van der Waals surface area contributed by atoms with Crippen LogP contribution in [0.3, 0.4) is 0 Å². The Labute approximate surface area is 108 Å². The fraction of sp³-hybridized carbons (Fsp3) is 0.0909. The van der Waals surface area contributed by atoms with Crippen molar-refractivity contribution in [2.45, 2.75) is 6.92 Å². The zero-order valence-electron chi connectivity index (χ0n) is 8.92. The second-order valence-electron chi connectivity index (χ2n) is 3.51. The first-order valence-electron chi connectivity index (χ1n) is 4.84. The molecule has 1 aromatic carbocycles. The molecule has 2 N–H and O–H groups in total. The molecule has 1 heterocycles. The Balaban J connectivity index is 2.18. The number of carbonyl (C=O) groups excluding carboxylic acids is 1. The minimum absolute atomic E-state index is 0.313. The van der Waals surface area contributed by atoms with Crippen molar-refractivity contribution in [2.75, 3.05) is 5.32 Å². The molecule has 0 aliphatic carbocycles. The number of amides is 1. The van der Waals surface area contributed by atoms with Crippen LogP contribution in [0.25, 0.3) is 0 Å². The number of nitrogens with zero attached hydrogens (tertiary/aromatic N) is 1. The smallest absolute Gasteiger partial charge is 0.276 e. The zero-order valence-corrected chi connectivity index (χ0v) is 10.4. The Bertz CT molecular complexity index is 566. The summed E-state index contributed by atoms with van der Waals surface area (Å²) in [6.45, 7) is 1.82. The lowest BCUT2D eigenvalue weighted by molar-refractivity contribution is 0.102. The van der Waals surface area contributed by atoms with Crippen molar-refractivity contribution >= 4 is 34.8 Å². The van der Waals surface area contributed by atoms with Crippen molar-refractivity contribution in [3.05, 3.63) is 45.7 Å². The Morgan fingerprint density at radius 3 is 2.71 bits per heavy atom. The molecule has 0 spiro atoms. The third kappa shape index (κ3) is 2.78. The number of aromatic nitrogens is 2. The van der Waals surface area contributed by atoms with Gasteiger partial charge in [0, 0.05) is 10.7 Å². The van der Waals surface area contributed by atoms with Crippen LogP contribution in [-0.2, 0) is 0 Å². The van der Waals surface area contributed by atoms with E-state index in [1.807, 2.05) is 6.92 Å². The van der Waals surface area contributed by atoms with E-state index in [0.717, 1.165) is 5.69 Å². The number of carbonyl (C=O) groups is 1. The van der Waals surface area contributed by atoms with Crippen molar-refractivity contribution in [3.8, 4) is 0 Å². The standard InChI is InChI=1S/C11H9Cl2N3O/c1-6-4-10(16-15-6)11(17)14-9-3-2-7(12)5-8(9)13/h2-5H,1H3,(H,14,17)(H,15,16). The topological polar surface area (TPSA) is 57.8 Å². The van der Waals surface area contributed by atoms with E-state index in [0.29, 0.717) is 21.4 Å². The number of aromatic amines is 1. The molecule has 1 aromatic heterocycles. The van der Waals surface area contributed by atoms with Gasteiger partial charge in [-0.05, 0) is 31.2 Å². The Kier molecular flexibility index (Phi) is 3.36. The third-order valence-corrected chi connectivity index (χ3v) is 2.67. The number of hydrogen-bond donors (Lipinski definition) is 2. The first-order valence-corrected chi connectivity index (χ1v) is 5.60. The molecule has 2 rings (SSSR count). The molecule has 17 heavy (non-hydrogen) atoms. The summed E-state index contributed by atoms with van der Waals surface area (Å²) in [7, 11) is 0. The molecule has 0 saturated heterocycles. The van der Waals surface area contributed by atoms with Gasteiger partial charge in [0.1, 0.15) is 0 Å². The molecular formula is C11H9Cl2N3O. The van der Waals surface area contributed by atoms with Crippen molar-refractivity contribution in [3.63, 3.8) is 0 Å². The van der Waals surface area contributed by atoms with Gasteiger partial charge in [0.05, 0.1) is 10.7 Å². The van der Waals surface area contributed by atoms with E-state index < -0.39 is 0 Å². The van der Waals surface area contributed by atoms with E-state index in [4.69, 9.17) is 23.2 Å². The van der Waals surface area contributed by atoms with E-state index in [9.17, 15) is 4.79 Å². The molecule has 2 aromatic rings. The normalized spacial score (nSPS) is 10.3. The second-order valence-corrected chi connectivity index (χ2v) is 4.36. The number of rotatable bonds is 2. The van der Waals surface area contributed by atoms with Gasteiger partial charge in [0.2, 0.25) is 0 Å². The molecule has 0 radical (unpaired) electrons. The van der Waals surface area contributed by atoms with Crippen molar-refractivity contribution in [2.24, 2.45) is 0 Å². The minimum Gasteiger partial charge on any atom is -0.319 e. The number of benzene rings is 1. The Morgan fingerprint density at radius 2 is 2.12 bits per heavy atom. The van der Waals surface area contributed by atoms with Gasteiger partial charge in [-0.15, -0.1) is 0 Å². The highest BCUT2D eigenvalue weighted by atomic mass is 35.5. The molecule has 0 aliphatic rings. The predicted octanol–water partition coefficient (Wildman–Crippen LogP) is 3.28. The predicted molar refractivity (Wildman–Crippen MR) is 67.7 cm³/mol. The minimum atomic E-state index is -0.321. The van der Waals surface area contributed by atoms with E-state index in [2.05, 4.69) is 15.5 Å². The molecular weight excluding hydrogens is 261 g/mol. The summed E-state index contributed by atoms with van der Waals surface area (Å²) in [6, 6.07) is 6.51. The van der Waals surface area contributed by atoms with Crippen LogP contribution in [0.4, 0.5) is 5.69 Å². The van der Waals surface area contributed by atoms with Gasteiger partial charge < -0.3 is 5.32 Å². The lowest BCUT2D eigenvalue weighted by atomic mass is 10.3. The Hall–Kier alpha value is -1.52. The van der Waals surface area contributed by atoms with Gasteiger partial charge in [0.15, 0.2) is 5.69 Å². The van der Waals surface area contributed by atoms with E-state index in [1.54, 1.807) is 24.3 Å². The highest BCUT2D eigenvalue weighted by Gasteiger charge is 2.11. The summed E-state index contributed by atoms with van der Waals surface area (Å²) >= 11 is 11.7. The van der Waals surface area contributed by atoms with Crippen LogP contribution in [0.5, 0.6) is 0 Å². The average Bonchev–Trinajstić information content (AvgIpc) is 2.69. The molecule has 0 atom stereocenters. The summed E-state index contributed by atoms with van der Waals surface area (Å²) in [4.78, 5) is 11.8. The van der Waals surface area contributed by atoms with Gasteiger partial charge in [-0.2, -0.15) is 5.10 Å². The number of aryl methyl sites for hydroxylation is 1. The molecule has 0 unspecified atom stereocenters. The fourth-order valence-corrected chi connectivity index (χ4v) is 1.77. The van der Waals surface area contributed by atoms with Gasteiger partial charge in [-0.3, -0.25) is 9.89 Å². The molecule has 0 bridgehead atoms. The summed E-state index contributed by atoms with van der Waals surface area (Å²) < 4.78 is 0. The van der Waals surface area contributed by atoms with Crippen LogP contribution in [-0.4, -0.2) is 16.1 Å². The van der Waals surface area contributed by atoms with E-state index >= 15 is 0 Å². The first kappa shape index (κ1) is 12.0. The maximum absolute atomic E-state index is 11.8. The molecule has 4 nitrogen and oxygen atoms in total. The molecule has 0 fully saturated rings. The number of hydrogen-bond acceptors (Lipinski definition) is 2.